The van der Waals surface area contributed by atoms with Crippen LogP contribution in [0.5, 0.6) is 0 Å². The Morgan fingerprint density at radius 1 is 1.40 bits per heavy atom. The molecule has 20 heavy (non-hydrogen) atoms. The van der Waals surface area contributed by atoms with Crippen molar-refractivity contribution in [2.24, 2.45) is 5.73 Å². The number of hydrogen-bond acceptors (Lipinski definition) is 4. The van der Waals surface area contributed by atoms with Crippen molar-refractivity contribution < 1.29 is 0 Å². The molecule has 1 aromatic heterocycles. The molecule has 0 aliphatic carbocycles. The lowest BCUT2D eigenvalue weighted by Crippen LogP contribution is -2.49. The maximum Gasteiger partial charge on any atom is 0.122 e. The first-order valence-corrected chi connectivity index (χ1v) is 7.72. The van der Waals surface area contributed by atoms with Gasteiger partial charge >= 0.3 is 0 Å². The quantitative estimate of drug-likeness (QED) is 0.836. The number of thiocarbonyl (C=S) groups is 1. The summed E-state index contributed by atoms with van der Waals surface area (Å²) in [6.45, 7) is 10.1. The minimum Gasteiger partial charge on any atom is -0.388 e. The minimum absolute atomic E-state index is 0.369. The van der Waals surface area contributed by atoms with Crippen LogP contribution in [0.4, 0.5) is 0 Å². The molecule has 2 N–H and O–H groups in total. The van der Waals surface area contributed by atoms with Gasteiger partial charge in [0, 0.05) is 45.0 Å². The van der Waals surface area contributed by atoms with Gasteiger partial charge in [0.15, 0.2) is 0 Å². The lowest BCUT2D eigenvalue weighted by molar-refractivity contribution is 0.0963. The smallest absolute Gasteiger partial charge is 0.122 e. The van der Waals surface area contributed by atoms with Gasteiger partial charge in [-0.1, -0.05) is 19.1 Å². The first-order valence-electron chi connectivity index (χ1n) is 7.31. The Hall–Kier alpha value is -1.04. The zero-order chi connectivity index (χ0) is 14.5. The summed E-state index contributed by atoms with van der Waals surface area (Å²) in [7, 11) is 0. The molecule has 2 heterocycles. The Balaban J connectivity index is 1.89. The molecule has 5 heteroatoms. The van der Waals surface area contributed by atoms with Crippen molar-refractivity contribution in [1.82, 2.24) is 14.8 Å². The number of aromatic nitrogens is 1. The summed E-state index contributed by atoms with van der Waals surface area (Å²) >= 11 is 4.98. The Morgan fingerprint density at radius 3 is 2.70 bits per heavy atom. The van der Waals surface area contributed by atoms with Crippen LogP contribution in [0, 0.1) is 0 Å². The summed E-state index contributed by atoms with van der Waals surface area (Å²) < 4.78 is 0. The van der Waals surface area contributed by atoms with Gasteiger partial charge in [-0.15, -0.1) is 0 Å². The first-order chi connectivity index (χ1) is 9.60. The van der Waals surface area contributed by atoms with Crippen LogP contribution < -0.4 is 5.73 Å². The standard InChI is InChI=1S/C15H24N4S/c1-3-12(2)19-8-6-18(7-9-19)11-13-4-5-17-14(10-13)15(16)20/h4-5,10,12H,3,6-9,11H2,1-2H3,(H2,16,20). The van der Waals surface area contributed by atoms with Crippen LogP contribution in [0.2, 0.25) is 0 Å². The number of rotatable bonds is 5. The van der Waals surface area contributed by atoms with E-state index in [9.17, 15) is 0 Å². The molecule has 0 spiro atoms. The van der Waals surface area contributed by atoms with Crippen molar-refractivity contribution in [2.45, 2.75) is 32.9 Å². The van der Waals surface area contributed by atoms with Crippen molar-refractivity contribution in [2.75, 3.05) is 26.2 Å². The summed E-state index contributed by atoms with van der Waals surface area (Å²) in [6, 6.07) is 4.74. The average Bonchev–Trinajstić information content (AvgIpc) is 2.47. The minimum atomic E-state index is 0.369. The monoisotopic (exact) mass is 292 g/mol. The highest BCUT2D eigenvalue weighted by Crippen LogP contribution is 2.12. The van der Waals surface area contributed by atoms with Crippen LogP contribution >= 0.6 is 12.2 Å². The molecule has 0 bridgehead atoms. The highest BCUT2D eigenvalue weighted by Gasteiger charge is 2.20. The molecule has 1 unspecified atom stereocenters. The fourth-order valence-electron chi connectivity index (χ4n) is 2.59. The van der Waals surface area contributed by atoms with E-state index in [1.807, 2.05) is 12.1 Å². The van der Waals surface area contributed by atoms with Crippen LogP contribution in [0.15, 0.2) is 18.3 Å². The summed E-state index contributed by atoms with van der Waals surface area (Å²) in [4.78, 5) is 9.61. The molecule has 1 aliphatic rings. The zero-order valence-corrected chi connectivity index (χ0v) is 13.2. The van der Waals surface area contributed by atoms with E-state index in [1.165, 1.54) is 12.0 Å². The summed E-state index contributed by atoms with van der Waals surface area (Å²) in [5, 5.41) is 0. The predicted molar refractivity (Wildman–Crippen MR) is 86.7 cm³/mol. The summed E-state index contributed by atoms with van der Waals surface area (Å²) in [6.07, 6.45) is 3.01. The zero-order valence-electron chi connectivity index (χ0n) is 12.4. The topological polar surface area (TPSA) is 45.4 Å². The van der Waals surface area contributed by atoms with Crippen molar-refractivity contribution in [1.29, 1.82) is 0 Å². The van der Waals surface area contributed by atoms with E-state index in [-0.39, 0.29) is 0 Å². The molecular formula is C15H24N4S. The SMILES string of the molecule is CCC(C)N1CCN(Cc2ccnc(C(N)=S)c2)CC1. The second kappa shape index (κ2) is 7.11. The van der Waals surface area contributed by atoms with Crippen LogP contribution in [-0.2, 0) is 6.54 Å². The van der Waals surface area contributed by atoms with Crippen molar-refractivity contribution in [3.05, 3.63) is 29.6 Å². The lowest BCUT2D eigenvalue weighted by Gasteiger charge is -2.37. The predicted octanol–water partition coefficient (Wildman–Crippen LogP) is 1.63. The molecule has 1 atom stereocenters. The molecule has 4 nitrogen and oxygen atoms in total. The van der Waals surface area contributed by atoms with E-state index in [2.05, 4.69) is 28.6 Å². The highest BCUT2D eigenvalue weighted by molar-refractivity contribution is 7.80. The van der Waals surface area contributed by atoms with Crippen molar-refractivity contribution >= 4 is 17.2 Å². The van der Waals surface area contributed by atoms with Crippen LogP contribution in [-0.4, -0.2) is 52.0 Å². The molecule has 0 amide bonds. The molecule has 1 fully saturated rings. The number of nitrogens with zero attached hydrogens (tertiary/aromatic N) is 3. The van der Waals surface area contributed by atoms with Gasteiger partial charge in [-0.2, -0.15) is 0 Å². The van der Waals surface area contributed by atoms with Gasteiger partial charge in [0.25, 0.3) is 0 Å². The lowest BCUT2D eigenvalue weighted by atomic mass is 10.1. The fourth-order valence-corrected chi connectivity index (χ4v) is 2.70. The van der Waals surface area contributed by atoms with Crippen LogP contribution in [0.1, 0.15) is 31.5 Å². The van der Waals surface area contributed by atoms with Crippen LogP contribution in [0.3, 0.4) is 0 Å². The Labute approximate surface area is 127 Å². The van der Waals surface area contributed by atoms with E-state index < -0.39 is 0 Å². The molecule has 0 aromatic carbocycles. The third kappa shape index (κ3) is 3.98. The number of hydrogen-bond donors (Lipinski definition) is 1. The Morgan fingerprint density at radius 2 is 2.10 bits per heavy atom. The third-order valence-electron chi connectivity index (χ3n) is 4.10. The number of nitrogens with two attached hydrogens (primary N) is 1. The van der Waals surface area contributed by atoms with Crippen LogP contribution in [0.25, 0.3) is 0 Å². The first kappa shape index (κ1) is 15.4. The second-order valence-corrected chi connectivity index (χ2v) is 5.92. The average molecular weight is 292 g/mol. The van der Waals surface area contributed by atoms with Crippen molar-refractivity contribution in [3.8, 4) is 0 Å². The van der Waals surface area contributed by atoms with Gasteiger partial charge in [-0.25, -0.2) is 0 Å². The van der Waals surface area contributed by atoms with Gasteiger partial charge in [0.2, 0.25) is 0 Å². The van der Waals surface area contributed by atoms with E-state index in [4.69, 9.17) is 18.0 Å². The van der Waals surface area contributed by atoms with E-state index in [0.717, 1.165) is 38.4 Å². The molecule has 110 valence electrons. The van der Waals surface area contributed by atoms with Gasteiger partial charge in [-0.05, 0) is 31.0 Å². The second-order valence-electron chi connectivity index (χ2n) is 5.48. The van der Waals surface area contributed by atoms with E-state index in [0.29, 0.717) is 11.0 Å². The molecule has 0 saturated carbocycles. The highest BCUT2D eigenvalue weighted by atomic mass is 32.1. The van der Waals surface area contributed by atoms with E-state index in [1.54, 1.807) is 6.20 Å². The molecular weight excluding hydrogens is 268 g/mol. The molecule has 1 saturated heterocycles. The maximum atomic E-state index is 5.63. The van der Waals surface area contributed by atoms with Gasteiger partial charge < -0.3 is 5.73 Å². The van der Waals surface area contributed by atoms with Gasteiger partial charge in [-0.3, -0.25) is 14.8 Å². The largest absolute Gasteiger partial charge is 0.388 e. The molecule has 1 aliphatic heterocycles. The molecule has 0 radical (unpaired) electrons. The van der Waals surface area contributed by atoms with E-state index >= 15 is 0 Å². The fraction of sp³-hybridized carbons (Fsp3) is 0.600. The third-order valence-corrected chi connectivity index (χ3v) is 4.31. The molecule has 2 rings (SSSR count). The summed E-state index contributed by atoms with van der Waals surface area (Å²) in [5.74, 6) is 0. The molecule has 1 aromatic rings. The summed E-state index contributed by atoms with van der Waals surface area (Å²) in [5.41, 5.74) is 7.59. The number of piperazine rings is 1. The van der Waals surface area contributed by atoms with Gasteiger partial charge in [0.1, 0.15) is 4.99 Å². The maximum absolute atomic E-state index is 5.63. The Bertz CT molecular complexity index is 455. The number of pyridine rings is 1. The van der Waals surface area contributed by atoms with Gasteiger partial charge in [0.05, 0.1) is 5.69 Å². The van der Waals surface area contributed by atoms with Crippen molar-refractivity contribution in [3.63, 3.8) is 0 Å². The normalized spacial score (nSPS) is 18.9. The Kier molecular flexibility index (Phi) is 5.46.